The van der Waals surface area contributed by atoms with Crippen molar-refractivity contribution in [3.8, 4) is 5.75 Å². The molecule has 1 N–H and O–H groups in total. The molecule has 0 radical (unpaired) electrons. The van der Waals surface area contributed by atoms with Crippen molar-refractivity contribution in [1.82, 2.24) is 9.21 Å². The molecule has 0 aromatic heterocycles. The van der Waals surface area contributed by atoms with Gasteiger partial charge in [-0.25, -0.2) is 8.42 Å². The average Bonchev–Trinajstić information content (AvgIpc) is 2.98. The van der Waals surface area contributed by atoms with Gasteiger partial charge >= 0.3 is 0 Å². The van der Waals surface area contributed by atoms with Crippen LogP contribution in [-0.4, -0.2) is 54.8 Å². The zero-order valence-corrected chi connectivity index (χ0v) is 14.6. The molecular formula is C17H24N2O4S. The fourth-order valence-corrected chi connectivity index (χ4v) is 4.91. The number of hydrogen-bond donors (Lipinski definition) is 1. The van der Waals surface area contributed by atoms with Gasteiger partial charge in [0.1, 0.15) is 5.75 Å². The Morgan fingerprint density at radius 1 is 0.917 bits per heavy atom. The fourth-order valence-electron chi connectivity index (χ4n) is 3.37. The van der Waals surface area contributed by atoms with Crippen molar-refractivity contribution in [1.29, 1.82) is 0 Å². The van der Waals surface area contributed by atoms with Gasteiger partial charge in [0, 0.05) is 26.2 Å². The maximum atomic E-state index is 12.7. The maximum absolute atomic E-state index is 12.7. The third kappa shape index (κ3) is 3.42. The van der Waals surface area contributed by atoms with Crippen molar-refractivity contribution in [3.63, 3.8) is 0 Å². The number of sulfonamides is 1. The first-order valence-corrected chi connectivity index (χ1v) is 10.1. The second-order valence-electron chi connectivity index (χ2n) is 6.50. The van der Waals surface area contributed by atoms with E-state index in [2.05, 4.69) is 0 Å². The van der Waals surface area contributed by atoms with Crippen molar-refractivity contribution in [3.05, 3.63) is 23.8 Å². The van der Waals surface area contributed by atoms with E-state index >= 15 is 0 Å². The van der Waals surface area contributed by atoms with Gasteiger partial charge in [-0.05, 0) is 43.9 Å². The molecule has 0 bridgehead atoms. The van der Waals surface area contributed by atoms with Crippen LogP contribution in [-0.2, 0) is 10.0 Å². The van der Waals surface area contributed by atoms with Crippen LogP contribution in [0.5, 0.6) is 5.75 Å². The smallest absolute Gasteiger partial charge is 0.257 e. The number of phenols is 1. The normalized spacial score (nSPS) is 20.1. The first-order valence-electron chi connectivity index (χ1n) is 8.62. The van der Waals surface area contributed by atoms with Gasteiger partial charge in [0.15, 0.2) is 0 Å². The van der Waals surface area contributed by atoms with Crippen LogP contribution < -0.4 is 0 Å². The summed E-state index contributed by atoms with van der Waals surface area (Å²) in [6.07, 6.45) is 5.79. The predicted molar refractivity (Wildman–Crippen MR) is 90.5 cm³/mol. The van der Waals surface area contributed by atoms with E-state index in [0.717, 1.165) is 38.5 Å². The van der Waals surface area contributed by atoms with Gasteiger partial charge in [0.2, 0.25) is 10.0 Å². The monoisotopic (exact) mass is 352 g/mol. The number of benzene rings is 1. The SMILES string of the molecule is O=C(c1cc(S(=O)(=O)N2CCCC2)ccc1O)N1CCCCCC1. The predicted octanol–water partition coefficient (Wildman–Crippen LogP) is 2.19. The highest BCUT2D eigenvalue weighted by atomic mass is 32.2. The van der Waals surface area contributed by atoms with Crippen molar-refractivity contribution in [2.45, 2.75) is 43.4 Å². The van der Waals surface area contributed by atoms with E-state index in [-0.39, 0.29) is 22.1 Å². The molecule has 0 saturated carbocycles. The van der Waals surface area contributed by atoms with E-state index < -0.39 is 10.0 Å². The molecule has 1 aromatic rings. The maximum Gasteiger partial charge on any atom is 0.257 e. The van der Waals surface area contributed by atoms with Crippen molar-refractivity contribution >= 4 is 15.9 Å². The van der Waals surface area contributed by atoms with E-state index in [4.69, 9.17) is 0 Å². The van der Waals surface area contributed by atoms with Crippen LogP contribution in [0.15, 0.2) is 23.1 Å². The lowest BCUT2D eigenvalue weighted by atomic mass is 10.1. The summed E-state index contributed by atoms with van der Waals surface area (Å²) in [5.41, 5.74) is 0.0807. The van der Waals surface area contributed by atoms with E-state index in [9.17, 15) is 18.3 Å². The summed E-state index contributed by atoms with van der Waals surface area (Å²) in [4.78, 5) is 14.5. The molecule has 132 valence electrons. The van der Waals surface area contributed by atoms with Crippen LogP contribution in [0.2, 0.25) is 0 Å². The number of carbonyl (C=O) groups excluding carboxylic acids is 1. The summed E-state index contributed by atoms with van der Waals surface area (Å²) < 4.78 is 26.8. The van der Waals surface area contributed by atoms with E-state index in [0.29, 0.717) is 26.2 Å². The number of aromatic hydroxyl groups is 1. The first-order chi connectivity index (χ1) is 11.5. The number of carbonyl (C=O) groups is 1. The second-order valence-corrected chi connectivity index (χ2v) is 8.43. The number of likely N-dealkylation sites (tertiary alicyclic amines) is 1. The average molecular weight is 352 g/mol. The summed E-state index contributed by atoms with van der Waals surface area (Å²) in [5.74, 6) is -0.447. The molecule has 1 amide bonds. The minimum atomic E-state index is -3.60. The van der Waals surface area contributed by atoms with Crippen LogP contribution in [0.3, 0.4) is 0 Å². The highest BCUT2D eigenvalue weighted by Gasteiger charge is 2.29. The molecule has 0 atom stereocenters. The number of nitrogens with zero attached hydrogens (tertiary/aromatic N) is 2. The van der Waals surface area contributed by atoms with E-state index in [1.54, 1.807) is 4.90 Å². The lowest BCUT2D eigenvalue weighted by Gasteiger charge is -2.22. The van der Waals surface area contributed by atoms with Gasteiger partial charge < -0.3 is 10.0 Å². The first kappa shape index (κ1) is 17.2. The van der Waals surface area contributed by atoms with Crippen molar-refractivity contribution in [2.75, 3.05) is 26.2 Å². The number of hydrogen-bond acceptors (Lipinski definition) is 4. The largest absolute Gasteiger partial charge is 0.507 e. The molecule has 24 heavy (non-hydrogen) atoms. The lowest BCUT2D eigenvalue weighted by Crippen LogP contribution is -2.32. The Bertz CT molecular complexity index is 703. The summed E-state index contributed by atoms with van der Waals surface area (Å²) in [7, 11) is -3.60. The summed E-state index contributed by atoms with van der Waals surface area (Å²) in [6, 6.07) is 4.02. The molecule has 3 rings (SSSR count). The van der Waals surface area contributed by atoms with Crippen molar-refractivity contribution < 1.29 is 18.3 Å². The molecule has 2 saturated heterocycles. The Kier molecular flexibility index (Phi) is 5.10. The molecule has 0 aliphatic carbocycles. The van der Waals surface area contributed by atoms with E-state index in [1.807, 2.05) is 0 Å². The molecule has 0 spiro atoms. The van der Waals surface area contributed by atoms with Crippen LogP contribution >= 0.6 is 0 Å². The minimum Gasteiger partial charge on any atom is -0.507 e. The van der Waals surface area contributed by atoms with Gasteiger partial charge in [-0.2, -0.15) is 4.31 Å². The lowest BCUT2D eigenvalue weighted by molar-refractivity contribution is 0.0758. The molecule has 2 aliphatic heterocycles. The van der Waals surface area contributed by atoms with Crippen LogP contribution in [0.4, 0.5) is 0 Å². The van der Waals surface area contributed by atoms with E-state index in [1.165, 1.54) is 22.5 Å². The van der Waals surface area contributed by atoms with Gasteiger partial charge in [-0.15, -0.1) is 0 Å². The van der Waals surface area contributed by atoms with Crippen LogP contribution in [0.25, 0.3) is 0 Å². The molecule has 7 heteroatoms. The highest BCUT2D eigenvalue weighted by molar-refractivity contribution is 7.89. The number of amides is 1. The zero-order valence-electron chi connectivity index (χ0n) is 13.8. The summed E-state index contributed by atoms with van der Waals surface area (Å²) >= 11 is 0. The highest BCUT2D eigenvalue weighted by Crippen LogP contribution is 2.27. The molecule has 2 aliphatic rings. The molecule has 2 fully saturated rings. The van der Waals surface area contributed by atoms with Gasteiger partial charge in [-0.1, -0.05) is 12.8 Å². The Hall–Kier alpha value is -1.60. The van der Waals surface area contributed by atoms with Gasteiger partial charge in [-0.3, -0.25) is 4.79 Å². The minimum absolute atomic E-state index is 0.0807. The van der Waals surface area contributed by atoms with Crippen LogP contribution in [0, 0.1) is 0 Å². The summed E-state index contributed by atoms with van der Waals surface area (Å²) in [6.45, 7) is 2.33. The van der Waals surface area contributed by atoms with Crippen LogP contribution in [0.1, 0.15) is 48.9 Å². The van der Waals surface area contributed by atoms with Gasteiger partial charge in [0.25, 0.3) is 5.91 Å². The Labute approximate surface area is 143 Å². The van der Waals surface area contributed by atoms with Gasteiger partial charge in [0.05, 0.1) is 10.5 Å². The Balaban J connectivity index is 1.89. The Morgan fingerprint density at radius 2 is 1.50 bits per heavy atom. The topological polar surface area (TPSA) is 77.9 Å². The molecule has 6 nitrogen and oxygen atoms in total. The molecule has 0 unspecified atom stereocenters. The molecule has 2 heterocycles. The standard InChI is InChI=1S/C17H24N2O4S/c20-16-8-7-14(24(22,23)19-11-5-6-12-19)13-15(16)17(21)18-9-3-1-2-4-10-18/h7-8,13,20H,1-6,9-12H2. The molecular weight excluding hydrogens is 328 g/mol. The Morgan fingerprint density at radius 3 is 2.12 bits per heavy atom. The third-order valence-corrected chi connectivity index (χ3v) is 6.69. The third-order valence-electron chi connectivity index (χ3n) is 4.79. The number of phenolic OH excluding ortho intramolecular Hbond substituents is 1. The second kappa shape index (κ2) is 7.11. The number of rotatable bonds is 3. The quantitative estimate of drug-likeness (QED) is 0.904. The molecule has 1 aromatic carbocycles. The summed E-state index contributed by atoms with van der Waals surface area (Å²) in [5, 5.41) is 10.1. The van der Waals surface area contributed by atoms with Crippen molar-refractivity contribution in [2.24, 2.45) is 0 Å². The fraction of sp³-hybridized carbons (Fsp3) is 0.588. The zero-order chi connectivity index (χ0) is 17.2.